The second-order valence-electron chi connectivity index (χ2n) is 6.24. The largest absolute Gasteiger partial charge is 0.312 e. The lowest BCUT2D eigenvalue weighted by atomic mass is 10.1. The van der Waals surface area contributed by atoms with Crippen LogP contribution in [0.15, 0.2) is 77.3 Å². The normalized spacial score (nSPS) is 11.8. The van der Waals surface area contributed by atoms with Crippen LogP contribution in [0.25, 0.3) is 0 Å². The molecule has 0 spiro atoms. The number of allylic oxidation sites excluding steroid dienone is 3. The zero-order valence-electron chi connectivity index (χ0n) is 15.4. The lowest BCUT2D eigenvalue weighted by Gasteiger charge is -2.08. The van der Waals surface area contributed by atoms with E-state index in [4.69, 9.17) is 0 Å². The van der Waals surface area contributed by atoms with Crippen molar-refractivity contribution in [3.63, 3.8) is 0 Å². The number of nitrogens with zero attached hydrogens (tertiary/aromatic N) is 1. The quantitative estimate of drug-likeness (QED) is 0.341. The minimum Gasteiger partial charge on any atom is -0.312 e. The zero-order valence-corrected chi connectivity index (χ0v) is 15.4. The van der Waals surface area contributed by atoms with Gasteiger partial charge in [0.25, 0.3) is 0 Å². The van der Waals surface area contributed by atoms with Crippen LogP contribution in [0.2, 0.25) is 0 Å². The van der Waals surface area contributed by atoms with Gasteiger partial charge in [0.15, 0.2) is 0 Å². The van der Waals surface area contributed by atoms with Gasteiger partial charge >= 0.3 is 0 Å². The molecule has 0 unspecified atom stereocenters. The molecule has 0 aliphatic rings. The summed E-state index contributed by atoms with van der Waals surface area (Å²) in [5.41, 5.74) is 5.71. The van der Waals surface area contributed by atoms with Gasteiger partial charge in [0.1, 0.15) is 6.67 Å². The van der Waals surface area contributed by atoms with Crippen LogP contribution in [0.3, 0.4) is 0 Å². The minimum absolute atomic E-state index is 0.437. The van der Waals surface area contributed by atoms with Gasteiger partial charge < -0.3 is 5.32 Å². The van der Waals surface area contributed by atoms with Gasteiger partial charge in [-0.25, -0.2) is 4.39 Å². The zero-order chi connectivity index (χ0) is 18.6. The number of benzene rings is 2. The monoisotopic (exact) mass is 350 g/mol. The molecule has 0 atom stereocenters. The number of rotatable bonds is 10. The summed E-state index contributed by atoms with van der Waals surface area (Å²) in [6, 6.07) is 16.5. The second-order valence-corrected chi connectivity index (χ2v) is 6.24. The Kier molecular flexibility index (Phi) is 8.50. The van der Waals surface area contributed by atoms with Gasteiger partial charge in [0.2, 0.25) is 0 Å². The molecule has 0 bridgehead atoms. The number of nitrogens with one attached hydrogen (secondary N) is 1. The number of halogens is 1. The third kappa shape index (κ3) is 6.77. The van der Waals surface area contributed by atoms with Crippen LogP contribution in [0.1, 0.15) is 23.1 Å². The summed E-state index contributed by atoms with van der Waals surface area (Å²) < 4.78 is 12.5. The number of hydrogen-bond acceptors (Lipinski definition) is 2. The first kappa shape index (κ1) is 19.8. The molecule has 0 aromatic heterocycles. The summed E-state index contributed by atoms with van der Waals surface area (Å²) in [6.07, 6.45) is 7.34. The molecule has 3 heteroatoms. The molecule has 0 radical (unpaired) electrons. The highest BCUT2D eigenvalue weighted by atomic mass is 19.1. The minimum atomic E-state index is -0.437. The lowest BCUT2D eigenvalue weighted by molar-refractivity contribution is 0.561. The molecule has 2 rings (SSSR count). The van der Waals surface area contributed by atoms with E-state index >= 15 is 0 Å². The van der Waals surface area contributed by atoms with Gasteiger partial charge in [-0.1, -0.05) is 71.8 Å². The molecule has 0 saturated heterocycles. The number of alkyl halides is 1. The maximum Gasteiger partial charge on any atom is 0.108 e. The summed E-state index contributed by atoms with van der Waals surface area (Å²) in [5.74, 6) is 0. The number of aryl methyl sites for hydroxylation is 1. The molecule has 0 aliphatic carbocycles. The predicted octanol–water partition coefficient (Wildman–Crippen LogP) is 5.50. The highest BCUT2D eigenvalue weighted by molar-refractivity contribution is 5.51. The Hall–Kier alpha value is -2.52. The molecular formula is C23H27FN2. The van der Waals surface area contributed by atoms with Crippen molar-refractivity contribution in [3.8, 4) is 0 Å². The third-order valence-corrected chi connectivity index (χ3v) is 4.21. The van der Waals surface area contributed by atoms with Crippen molar-refractivity contribution in [1.82, 2.24) is 5.32 Å². The van der Waals surface area contributed by atoms with Crippen LogP contribution in [-0.4, -0.2) is 19.9 Å². The van der Waals surface area contributed by atoms with Crippen molar-refractivity contribution in [2.24, 2.45) is 4.99 Å². The van der Waals surface area contributed by atoms with Gasteiger partial charge in [-0.15, -0.1) is 0 Å². The van der Waals surface area contributed by atoms with Crippen molar-refractivity contribution in [3.05, 3.63) is 89.0 Å². The molecule has 0 heterocycles. The smallest absolute Gasteiger partial charge is 0.108 e. The molecule has 0 saturated carbocycles. The second kappa shape index (κ2) is 11.2. The summed E-state index contributed by atoms with van der Waals surface area (Å²) >= 11 is 0. The van der Waals surface area contributed by atoms with Gasteiger partial charge in [0.05, 0.1) is 5.69 Å². The van der Waals surface area contributed by atoms with Crippen LogP contribution in [0.5, 0.6) is 0 Å². The SMILES string of the molecule is C=Nc1ccccc1CNCCC(/C=C\CF)=C/Cc1ccc(C)cc1. The van der Waals surface area contributed by atoms with Crippen LogP contribution in [0, 0.1) is 6.92 Å². The average Bonchev–Trinajstić information content (AvgIpc) is 2.68. The van der Waals surface area contributed by atoms with Gasteiger partial charge in [0, 0.05) is 6.54 Å². The van der Waals surface area contributed by atoms with Crippen LogP contribution in [-0.2, 0) is 13.0 Å². The fourth-order valence-corrected chi connectivity index (χ4v) is 2.69. The van der Waals surface area contributed by atoms with Crippen LogP contribution in [0.4, 0.5) is 10.1 Å². The van der Waals surface area contributed by atoms with Gasteiger partial charge in [-0.2, -0.15) is 0 Å². The number of aliphatic imine (C=N–C) groups is 1. The molecule has 26 heavy (non-hydrogen) atoms. The Bertz CT molecular complexity index is 745. The van der Waals surface area contributed by atoms with Crippen molar-refractivity contribution in [2.75, 3.05) is 13.2 Å². The predicted molar refractivity (Wildman–Crippen MR) is 110 cm³/mol. The van der Waals surface area contributed by atoms with E-state index in [1.165, 1.54) is 11.1 Å². The Morgan fingerprint density at radius 2 is 1.92 bits per heavy atom. The molecule has 136 valence electrons. The van der Waals surface area contributed by atoms with Crippen molar-refractivity contribution in [2.45, 2.75) is 26.3 Å². The molecule has 2 nitrogen and oxygen atoms in total. The summed E-state index contributed by atoms with van der Waals surface area (Å²) in [6.45, 7) is 6.82. The molecule has 2 aromatic rings. The fourth-order valence-electron chi connectivity index (χ4n) is 2.69. The highest BCUT2D eigenvalue weighted by Gasteiger charge is 2.00. The number of para-hydroxylation sites is 1. The maximum absolute atomic E-state index is 12.5. The highest BCUT2D eigenvalue weighted by Crippen LogP contribution is 2.17. The molecule has 0 amide bonds. The first-order chi connectivity index (χ1) is 12.7. The molecule has 1 N–H and O–H groups in total. The Morgan fingerprint density at radius 3 is 2.65 bits per heavy atom. The topological polar surface area (TPSA) is 24.4 Å². The van der Waals surface area contributed by atoms with Crippen LogP contribution < -0.4 is 5.32 Å². The van der Waals surface area contributed by atoms with E-state index in [1.807, 2.05) is 30.3 Å². The van der Waals surface area contributed by atoms with E-state index in [0.29, 0.717) is 0 Å². The third-order valence-electron chi connectivity index (χ3n) is 4.21. The van der Waals surface area contributed by atoms with Crippen molar-refractivity contribution >= 4 is 12.4 Å². The maximum atomic E-state index is 12.5. The average molecular weight is 350 g/mol. The van der Waals surface area contributed by atoms with Gasteiger partial charge in [-0.3, -0.25) is 4.99 Å². The Labute approximate surface area is 156 Å². The van der Waals surface area contributed by atoms with E-state index < -0.39 is 6.67 Å². The van der Waals surface area contributed by atoms with Crippen molar-refractivity contribution in [1.29, 1.82) is 0 Å². The summed E-state index contributed by atoms with van der Waals surface area (Å²) in [7, 11) is 0. The van der Waals surface area contributed by atoms with E-state index in [1.54, 1.807) is 6.08 Å². The Morgan fingerprint density at radius 1 is 1.15 bits per heavy atom. The fraction of sp³-hybridized carbons (Fsp3) is 0.261. The van der Waals surface area contributed by atoms with E-state index in [0.717, 1.165) is 42.8 Å². The first-order valence-corrected chi connectivity index (χ1v) is 8.95. The first-order valence-electron chi connectivity index (χ1n) is 8.95. The summed E-state index contributed by atoms with van der Waals surface area (Å²) in [5, 5.41) is 3.43. The van der Waals surface area contributed by atoms with E-state index in [2.05, 4.69) is 54.3 Å². The number of hydrogen-bond donors (Lipinski definition) is 1. The van der Waals surface area contributed by atoms with Crippen molar-refractivity contribution < 1.29 is 4.39 Å². The lowest BCUT2D eigenvalue weighted by Crippen LogP contribution is -2.15. The standard InChI is InChI=1S/C23H27FN2/c1-19-9-11-21(12-10-19)14-13-20(6-5-16-24)15-17-26-18-22-7-3-4-8-23(22)25-2/h3-13,26H,2,14-18H2,1H3/b6-5-,20-13+. The Balaban J connectivity index is 1.88. The molecule has 0 fully saturated rings. The van der Waals surface area contributed by atoms with E-state index in [9.17, 15) is 4.39 Å². The summed E-state index contributed by atoms with van der Waals surface area (Å²) in [4.78, 5) is 4.04. The van der Waals surface area contributed by atoms with Gasteiger partial charge in [-0.05, 0) is 50.2 Å². The van der Waals surface area contributed by atoms with E-state index in [-0.39, 0.29) is 0 Å². The molecule has 0 aliphatic heterocycles. The molecular weight excluding hydrogens is 323 g/mol. The van der Waals surface area contributed by atoms with Crippen LogP contribution >= 0.6 is 0 Å². The molecule has 2 aromatic carbocycles.